The zero-order valence-corrected chi connectivity index (χ0v) is 8.53. The summed E-state index contributed by atoms with van der Waals surface area (Å²) >= 11 is 0. The Balaban J connectivity index is -0.000000845. The van der Waals surface area contributed by atoms with E-state index in [-0.39, 0.29) is 87.4 Å². The van der Waals surface area contributed by atoms with Gasteiger partial charge in [-0.1, -0.05) is 39.0 Å². The topological polar surface area (TPSA) is 74.6 Å². The predicted octanol–water partition coefficient (Wildman–Crippen LogP) is 0.835. The van der Waals surface area contributed by atoms with Gasteiger partial charge in [0, 0.05) is 0 Å². The maximum atomic E-state index is 10.5. The van der Waals surface area contributed by atoms with Crippen molar-refractivity contribution < 1.29 is 19.8 Å². The minimum absolute atomic E-state index is 0. The van der Waals surface area contributed by atoms with Crippen molar-refractivity contribution in [1.29, 1.82) is 0 Å². The second-order valence-electron chi connectivity index (χ2n) is 3.43. The van der Waals surface area contributed by atoms with E-state index in [0.717, 1.165) is 25.7 Å². The Labute approximate surface area is 161 Å². The Morgan fingerprint density at radius 2 is 1.44 bits per heavy atom. The van der Waals surface area contributed by atoms with Crippen LogP contribution in [0.5, 0.6) is 0 Å². The van der Waals surface area contributed by atoms with Crippen LogP contribution in [-0.2, 0) is 9.59 Å². The summed E-state index contributed by atoms with van der Waals surface area (Å²) < 4.78 is 0. The molecule has 0 atom stereocenters. The SMILES string of the molecule is CCCCCCCC(C(=O)O)C(=O)O.[KH].[NaH]. The van der Waals surface area contributed by atoms with Crippen molar-refractivity contribution in [3.63, 3.8) is 0 Å². The van der Waals surface area contributed by atoms with Crippen molar-refractivity contribution in [2.24, 2.45) is 5.92 Å². The number of hydrogen-bond donors (Lipinski definition) is 2. The van der Waals surface area contributed by atoms with Gasteiger partial charge in [0.15, 0.2) is 5.92 Å². The van der Waals surface area contributed by atoms with E-state index in [1.165, 1.54) is 0 Å². The number of carboxylic acids is 2. The van der Waals surface area contributed by atoms with Crippen LogP contribution in [0.3, 0.4) is 0 Å². The van der Waals surface area contributed by atoms with Crippen molar-refractivity contribution in [2.75, 3.05) is 0 Å². The van der Waals surface area contributed by atoms with Gasteiger partial charge in [0.05, 0.1) is 0 Å². The first kappa shape index (κ1) is 22.7. The van der Waals surface area contributed by atoms with Gasteiger partial charge >= 0.3 is 92.9 Å². The molecule has 0 rings (SSSR count). The first-order chi connectivity index (χ1) is 6.59. The number of carbonyl (C=O) groups is 2. The second kappa shape index (κ2) is 14.6. The van der Waals surface area contributed by atoms with E-state index in [4.69, 9.17) is 10.2 Å². The van der Waals surface area contributed by atoms with Crippen LogP contribution in [0.25, 0.3) is 0 Å². The molecule has 0 amide bonds. The second-order valence-corrected chi connectivity index (χ2v) is 3.43. The first-order valence-electron chi connectivity index (χ1n) is 5.05. The van der Waals surface area contributed by atoms with Gasteiger partial charge in [-0.15, -0.1) is 0 Å². The standard InChI is InChI=1S/C10H18O4.K.Na.2H/c1-2-3-4-5-6-7-8(9(11)12)10(13)14;;;;/h8H,2-7H2,1H3,(H,11,12)(H,13,14);;;;. The fourth-order valence-electron chi connectivity index (χ4n) is 1.30. The Kier molecular flexibility index (Phi) is 20.8. The molecule has 2 N–H and O–H groups in total. The van der Waals surface area contributed by atoms with Crippen LogP contribution in [0, 0.1) is 5.92 Å². The monoisotopic (exact) mass is 266 g/mol. The molecule has 0 spiro atoms. The zero-order valence-electron chi connectivity index (χ0n) is 8.53. The zero-order chi connectivity index (χ0) is 11.0. The Bertz CT molecular complexity index is 185. The molecule has 0 aliphatic rings. The summed E-state index contributed by atoms with van der Waals surface area (Å²) in [4.78, 5) is 21.0. The van der Waals surface area contributed by atoms with E-state index in [1.54, 1.807) is 0 Å². The third-order valence-electron chi connectivity index (χ3n) is 2.19. The third kappa shape index (κ3) is 12.0. The van der Waals surface area contributed by atoms with E-state index in [1.807, 2.05) is 0 Å². The van der Waals surface area contributed by atoms with Crippen molar-refractivity contribution in [2.45, 2.75) is 45.4 Å². The van der Waals surface area contributed by atoms with Crippen molar-refractivity contribution in [3.05, 3.63) is 0 Å². The molecule has 0 fully saturated rings. The van der Waals surface area contributed by atoms with Crippen LogP contribution in [-0.4, -0.2) is 103 Å². The molecule has 0 aliphatic carbocycles. The van der Waals surface area contributed by atoms with Crippen LogP contribution < -0.4 is 0 Å². The van der Waals surface area contributed by atoms with Crippen molar-refractivity contribution in [3.8, 4) is 0 Å². The van der Waals surface area contributed by atoms with E-state index in [9.17, 15) is 9.59 Å². The Morgan fingerprint density at radius 3 is 1.81 bits per heavy atom. The number of carboxylic acid groups (broad SMARTS) is 2. The molecule has 0 unspecified atom stereocenters. The minimum atomic E-state index is -1.23. The third-order valence-corrected chi connectivity index (χ3v) is 2.19. The van der Waals surface area contributed by atoms with Gasteiger partial charge in [0.1, 0.15) is 0 Å². The maximum absolute atomic E-state index is 10.5. The van der Waals surface area contributed by atoms with Crippen LogP contribution in [0.2, 0.25) is 0 Å². The Hall–Kier alpha value is 1.58. The molecule has 0 aromatic carbocycles. The van der Waals surface area contributed by atoms with Gasteiger partial charge in [0.2, 0.25) is 0 Å². The van der Waals surface area contributed by atoms with Gasteiger partial charge in [-0.2, -0.15) is 0 Å². The number of unbranched alkanes of at least 4 members (excludes halogenated alkanes) is 4. The predicted molar refractivity (Wildman–Crippen MR) is 66.4 cm³/mol. The van der Waals surface area contributed by atoms with Gasteiger partial charge in [0.25, 0.3) is 0 Å². The molecule has 0 aromatic heterocycles. The van der Waals surface area contributed by atoms with E-state index >= 15 is 0 Å². The number of aliphatic carboxylic acids is 2. The fourth-order valence-corrected chi connectivity index (χ4v) is 1.30. The number of rotatable bonds is 8. The summed E-state index contributed by atoms with van der Waals surface area (Å²) in [6.07, 6.45) is 5.16. The quantitative estimate of drug-likeness (QED) is 0.388. The fraction of sp³-hybridized carbons (Fsp3) is 0.800. The molecular formula is C10H20KNaO4. The summed E-state index contributed by atoms with van der Waals surface area (Å²) in [5, 5.41) is 17.1. The molecule has 0 aromatic rings. The summed E-state index contributed by atoms with van der Waals surface area (Å²) in [5.41, 5.74) is 0. The van der Waals surface area contributed by atoms with E-state index in [0.29, 0.717) is 6.42 Å². The molecule has 0 saturated heterocycles. The van der Waals surface area contributed by atoms with Gasteiger partial charge in [-0.05, 0) is 6.42 Å². The van der Waals surface area contributed by atoms with Crippen LogP contribution in [0.15, 0.2) is 0 Å². The summed E-state index contributed by atoms with van der Waals surface area (Å²) in [5.74, 6) is -3.68. The summed E-state index contributed by atoms with van der Waals surface area (Å²) in [6.45, 7) is 2.09. The van der Waals surface area contributed by atoms with Crippen LogP contribution >= 0.6 is 0 Å². The summed E-state index contributed by atoms with van der Waals surface area (Å²) in [6, 6.07) is 0. The normalized spacial score (nSPS) is 9.12. The molecule has 4 nitrogen and oxygen atoms in total. The molecule has 16 heavy (non-hydrogen) atoms. The average Bonchev–Trinajstić information content (AvgIpc) is 2.09. The average molecular weight is 266 g/mol. The van der Waals surface area contributed by atoms with Gasteiger partial charge < -0.3 is 10.2 Å². The van der Waals surface area contributed by atoms with Crippen LogP contribution in [0.4, 0.5) is 0 Å². The van der Waals surface area contributed by atoms with Crippen LogP contribution in [0.1, 0.15) is 45.4 Å². The molecule has 0 aliphatic heterocycles. The van der Waals surface area contributed by atoms with Gasteiger partial charge in [-0.3, -0.25) is 9.59 Å². The summed E-state index contributed by atoms with van der Waals surface area (Å²) in [7, 11) is 0. The van der Waals surface area contributed by atoms with E-state index < -0.39 is 17.9 Å². The molecule has 0 bridgehead atoms. The Morgan fingerprint density at radius 1 is 1.00 bits per heavy atom. The molecule has 86 valence electrons. The molecule has 6 heteroatoms. The van der Waals surface area contributed by atoms with E-state index in [2.05, 4.69) is 6.92 Å². The van der Waals surface area contributed by atoms with Crippen molar-refractivity contribution >= 4 is 92.9 Å². The molecule has 0 heterocycles. The van der Waals surface area contributed by atoms with Gasteiger partial charge in [-0.25, -0.2) is 0 Å². The molecule has 0 saturated carbocycles. The molecule has 0 radical (unpaired) electrons. The van der Waals surface area contributed by atoms with Crippen molar-refractivity contribution in [1.82, 2.24) is 0 Å². The number of hydrogen-bond acceptors (Lipinski definition) is 2. The first-order valence-corrected chi connectivity index (χ1v) is 5.05. The molecular weight excluding hydrogens is 246 g/mol.